The summed E-state index contributed by atoms with van der Waals surface area (Å²) in [5.74, 6) is -0.529. The summed E-state index contributed by atoms with van der Waals surface area (Å²) in [6.45, 7) is 3.51. The summed E-state index contributed by atoms with van der Waals surface area (Å²) < 4.78 is 38.7. The third-order valence-corrected chi connectivity index (χ3v) is 4.79. The SMILES string of the molecule is CCCc1cc(=O)[nH]c(SC(C)C(=O)Nc2ccc(Cl)c(C(F)(F)F)c2)n1. The molecule has 2 aromatic rings. The van der Waals surface area contributed by atoms with E-state index >= 15 is 0 Å². The monoisotopic (exact) mass is 419 g/mol. The quantitative estimate of drug-likeness (QED) is 0.533. The van der Waals surface area contributed by atoms with E-state index in [1.54, 1.807) is 6.92 Å². The van der Waals surface area contributed by atoms with Crippen molar-refractivity contribution in [3.05, 3.63) is 50.9 Å². The highest BCUT2D eigenvalue weighted by molar-refractivity contribution is 8.00. The molecule has 2 rings (SSSR count). The Labute approximate surface area is 162 Å². The van der Waals surface area contributed by atoms with E-state index < -0.39 is 27.9 Å². The summed E-state index contributed by atoms with van der Waals surface area (Å²) >= 11 is 6.57. The lowest BCUT2D eigenvalue weighted by Crippen LogP contribution is -2.23. The maximum absolute atomic E-state index is 12.9. The van der Waals surface area contributed by atoms with Crippen molar-refractivity contribution < 1.29 is 18.0 Å². The molecule has 5 nitrogen and oxygen atoms in total. The van der Waals surface area contributed by atoms with Gasteiger partial charge in [-0.15, -0.1) is 0 Å². The normalized spacial score (nSPS) is 12.7. The average molecular weight is 420 g/mol. The number of aromatic amines is 1. The molecule has 1 atom stereocenters. The minimum absolute atomic E-state index is 0.0228. The van der Waals surface area contributed by atoms with Gasteiger partial charge in [0.2, 0.25) is 5.91 Å². The zero-order valence-corrected chi connectivity index (χ0v) is 16.1. The van der Waals surface area contributed by atoms with Gasteiger partial charge in [0.25, 0.3) is 5.56 Å². The van der Waals surface area contributed by atoms with Crippen LogP contribution in [0.5, 0.6) is 0 Å². The maximum atomic E-state index is 12.9. The number of alkyl halides is 3. The van der Waals surface area contributed by atoms with Crippen LogP contribution in [0.2, 0.25) is 5.02 Å². The summed E-state index contributed by atoms with van der Waals surface area (Å²) in [6, 6.07) is 4.53. The van der Waals surface area contributed by atoms with Crippen LogP contribution in [-0.4, -0.2) is 21.1 Å². The number of thioether (sulfide) groups is 1. The van der Waals surface area contributed by atoms with Gasteiger partial charge in [-0.1, -0.05) is 36.7 Å². The minimum atomic E-state index is -4.62. The Morgan fingerprint density at radius 1 is 1.37 bits per heavy atom. The van der Waals surface area contributed by atoms with Gasteiger partial charge < -0.3 is 10.3 Å². The second-order valence-corrected chi connectivity index (χ2v) is 7.47. The van der Waals surface area contributed by atoms with Crippen LogP contribution in [0.4, 0.5) is 18.9 Å². The van der Waals surface area contributed by atoms with Gasteiger partial charge in [-0.3, -0.25) is 9.59 Å². The molecule has 27 heavy (non-hydrogen) atoms. The number of nitrogens with one attached hydrogen (secondary N) is 2. The number of H-pyrrole nitrogens is 1. The molecule has 0 aliphatic carbocycles. The third-order valence-electron chi connectivity index (χ3n) is 3.48. The zero-order valence-electron chi connectivity index (χ0n) is 14.5. The highest BCUT2D eigenvalue weighted by Crippen LogP contribution is 2.36. The molecule has 1 heterocycles. The van der Waals surface area contributed by atoms with Crippen LogP contribution in [0.25, 0.3) is 0 Å². The standard InChI is InChI=1S/C17H17ClF3N3O2S/c1-3-4-10-8-14(25)24-16(23-10)27-9(2)15(26)22-11-5-6-13(18)12(7-11)17(19,20)21/h5-9H,3-4H2,1-2H3,(H,22,26)(H,23,24,25). The lowest BCUT2D eigenvalue weighted by molar-refractivity contribution is -0.137. The summed E-state index contributed by atoms with van der Waals surface area (Å²) in [4.78, 5) is 30.8. The average Bonchev–Trinajstić information content (AvgIpc) is 2.55. The number of anilines is 1. The van der Waals surface area contributed by atoms with Crippen LogP contribution in [0.1, 0.15) is 31.5 Å². The van der Waals surface area contributed by atoms with Gasteiger partial charge in [0, 0.05) is 17.4 Å². The van der Waals surface area contributed by atoms with Crippen LogP contribution >= 0.6 is 23.4 Å². The van der Waals surface area contributed by atoms with Crippen molar-refractivity contribution >= 4 is 35.0 Å². The first-order valence-corrected chi connectivity index (χ1v) is 9.30. The van der Waals surface area contributed by atoms with E-state index in [0.29, 0.717) is 12.1 Å². The van der Waals surface area contributed by atoms with E-state index in [-0.39, 0.29) is 16.4 Å². The Morgan fingerprint density at radius 2 is 2.07 bits per heavy atom. The predicted octanol–water partition coefficient (Wildman–Crippen LogP) is 4.51. The van der Waals surface area contributed by atoms with Crippen LogP contribution < -0.4 is 10.9 Å². The van der Waals surface area contributed by atoms with Gasteiger partial charge >= 0.3 is 6.18 Å². The van der Waals surface area contributed by atoms with Crippen molar-refractivity contribution in [3.8, 4) is 0 Å². The van der Waals surface area contributed by atoms with Gasteiger partial charge in [-0.2, -0.15) is 13.2 Å². The lowest BCUT2D eigenvalue weighted by Gasteiger charge is -2.14. The molecule has 1 amide bonds. The van der Waals surface area contributed by atoms with Crippen molar-refractivity contribution in [1.82, 2.24) is 9.97 Å². The van der Waals surface area contributed by atoms with E-state index in [2.05, 4.69) is 15.3 Å². The Bertz CT molecular complexity index is 886. The Balaban J connectivity index is 2.11. The molecule has 0 saturated carbocycles. The maximum Gasteiger partial charge on any atom is 0.417 e. The Hall–Kier alpha value is -2.00. The lowest BCUT2D eigenvalue weighted by atomic mass is 10.2. The summed E-state index contributed by atoms with van der Waals surface area (Å²) in [5.41, 5.74) is -0.758. The van der Waals surface area contributed by atoms with Crippen LogP contribution in [0.3, 0.4) is 0 Å². The topological polar surface area (TPSA) is 74.8 Å². The first-order valence-electron chi connectivity index (χ1n) is 8.04. The van der Waals surface area contributed by atoms with E-state index in [4.69, 9.17) is 11.6 Å². The molecule has 1 unspecified atom stereocenters. The molecule has 0 fully saturated rings. The van der Waals surface area contributed by atoms with Crippen LogP contribution in [-0.2, 0) is 17.4 Å². The molecule has 0 spiro atoms. The number of hydrogen-bond acceptors (Lipinski definition) is 4. The van der Waals surface area contributed by atoms with E-state index in [1.165, 1.54) is 12.1 Å². The van der Waals surface area contributed by atoms with Gasteiger partial charge in [0.15, 0.2) is 5.16 Å². The van der Waals surface area contributed by atoms with Gasteiger partial charge in [0.05, 0.1) is 15.8 Å². The second kappa shape index (κ2) is 8.79. The highest BCUT2D eigenvalue weighted by Gasteiger charge is 2.33. The van der Waals surface area contributed by atoms with Crippen molar-refractivity contribution in [3.63, 3.8) is 0 Å². The third kappa shape index (κ3) is 6.00. The first-order chi connectivity index (χ1) is 12.6. The molecule has 146 valence electrons. The number of carbonyl (C=O) groups excluding carboxylic acids is 1. The Morgan fingerprint density at radius 3 is 2.70 bits per heavy atom. The molecule has 0 aliphatic rings. The molecule has 10 heteroatoms. The number of hydrogen-bond donors (Lipinski definition) is 2. The van der Waals surface area contributed by atoms with E-state index in [1.807, 2.05) is 6.92 Å². The number of aromatic nitrogens is 2. The van der Waals surface area contributed by atoms with Crippen molar-refractivity contribution in [2.75, 3.05) is 5.32 Å². The van der Waals surface area contributed by atoms with Crippen LogP contribution in [0, 0.1) is 0 Å². The van der Waals surface area contributed by atoms with Gasteiger partial charge in [-0.25, -0.2) is 4.98 Å². The number of carbonyl (C=O) groups is 1. The molecule has 1 aromatic carbocycles. The highest BCUT2D eigenvalue weighted by atomic mass is 35.5. The fraction of sp³-hybridized carbons (Fsp3) is 0.353. The number of rotatable bonds is 6. The summed E-state index contributed by atoms with van der Waals surface area (Å²) in [6.07, 6.45) is -3.18. The number of nitrogens with zero attached hydrogens (tertiary/aromatic N) is 1. The molecular weight excluding hydrogens is 403 g/mol. The molecule has 0 aliphatic heterocycles. The number of benzene rings is 1. The molecule has 0 bridgehead atoms. The second-order valence-electron chi connectivity index (χ2n) is 5.73. The largest absolute Gasteiger partial charge is 0.417 e. The molecule has 1 aromatic heterocycles. The van der Waals surface area contributed by atoms with E-state index in [0.717, 1.165) is 30.3 Å². The van der Waals surface area contributed by atoms with Crippen LogP contribution in [0.15, 0.2) is 34.2 Å². The predicted molar refractivity (Wildman–Crippen MR) is 99.3 cm³/mol. The van der Waals surface area contributed by atoms with E-state index in [9.17, 15) is 22.8 Å². The fourth-order valence-electron chi connectivity index (χ4n) is 2.21. The fourth-order valence-corrected chi connectivity index (χ4v) is 3.26. The molecule has 0 radical (unpaired) electrons. The van der Waals surface area contributed by atoms with Crippen molar-refractivity contribution in [2.45, 2.75) is 43.3 Å². The number of halogens is 4. The molecule has 0 saturated heterocycles. The molecule has 2 N–H and O–H groups in total. The van der Waals surface area contributed by atoms with Gasteiger partial charge in [0.1, 0.15) is 0 Å². The zero-order chi connectivity index (χ0) is 20.2. The number of aryl methyl sites for hydroxylation is 1. The Kier molecular flexibility index (Phi) is 6.94. The first kappa shape index (κ1) is 21.3. The smallest absolute Gasteiger partial charge is 0.325 e. The summed E-state index contributed by atoms with van der Waals surface area (Å²) in [7, 11) is 0. The van der Waals surface area contributed by atoms with Gasteiger partial charge in [-0.05, 0) is 31.5 Å². The molecular formula is C17H17ClF3N3O2S. The number of amides is 1. The summed E-state index contributed by atoms with van der Waals surface area (Å²) in [5, 5.41) is 1.55. The minimum Gasteiger partial charge on any atom is -0.325 e. The van der Waals surface area contributed by atoms with Crippen molar-refractivity contribution in [1.29, 1.82) is 0 Å². The van der Waals surface area contributed by atoms with Crippen molar-refractivity contribution in [2.24, 2.45) is 0 Å².